The highest BCUT2D eigenvalue weighted by atomic mass is 16.1. The number of likely N-dealkylation sites (tertiary alicyclic amines) is 1. The van der Waals surface area contributed by atoms with Gasteiger partial charge < -0.3 is 10.2 Å². The van der Waals surface area contributed by atoms with E-state index in [9.17, 15) is 4.79 Å². The molecule has 23 heavy (non-hydrogen) atoms. The van der Waals surface area contributed by atoms with Gasteiger partial charge in [0, 0.05) is 37.2 Å². The molecule has 0 aromatic heterocycles. The highest BCUT2D eigenvalue weighted by Crippen LogP contribution is 2.34. The second-order valence-electron chi connectivity index (χ2n) is 6.72. The van der Waals surface area contributed by atoms with E-state index in [0.29, 0.717) is 5.92 Å². The van der Waals surface area contributed by atoms with Crippen LogP contribution in [0.5, 0.6) is 0 Å². The van der Waals surface area contributed by atoms with E-state index in [2.05, 4.69) is 52.7 Å². The van der Waals surface area contributed by atoms with Crippen LogP contribution in [0, 0.1) is 6.92 Å². The Hall–Kier alpha value is -2.13. The van der Waals surface area contributed by atoms with E-state index in [-0.39, 0.29) is 11.9 Å². The quantitative estimate of drug-likeness (QED) is 0.945. The van der Waals surface area contributed by atoms with Gasteiger partial charge in [0.25, 0.3) is 5.91 Å². The van der Waals surface area contributed by atoms with Crippen LogP contribution >= 0.6 is 0 Å². The smallest absolute Gasteiger partial charge is 0.252 e. The van der Waals surface area contributed by atoms with Gasteiger partial charge >= 0.3 is 0 Å². The van der Waals surface area contributed by atoms with Gasteiger partial charge in [-0.15, -0.1) is 0 Å². The molecule has 3 nitrogen and oxygen atoms in total. The molecule has 0 saturated carbocycles. The van der Waals surface area contributed by atoms with Gasteiger partial charge in [0.2, 0.25) is 0 Å². The van der Waals surface area contributed by atoms with Crippen LogP contribution in [-0.4, -0.2) is 36.5 Å². The van der Waals surface area contributed by atoms with Gasteiger partial charge in [-0.1, -0.05) is 48.5 Å². The third-order valence-corrected chi connectivity index (χ3v) is 5.20. The van der Waals surface area contributed by atoms with Crippen LogP contribution in [0.3, 0.4) is 0 Å². The van der Waals surface area contributed by atoms with Gasteiger partial charge in [0.1, 0.15) is 0 Å². The van der Waals surface area contributed by atoms with E-state index in [1.165, 1.54) is 11.1 Å². The molecule has 2 atom stereocenters. The molecule has 1 fully saturated rings. The van der Waals surface area contributed by atoms with E-state index in [1.54, 1.807) is 0 Å². The lowest BCUT2D eigenvalue weighted by molar-refractivity contribution is 0.0922. The summed E-state index contributed by atoms with van der Waals surface area (Å²) in [5.41, 5.74) is 4.60. The van der Waals surface area contributed by atoms with Crippen molar-refractivity contribution in [3.63, 3.8) is 0 Å². The summed E-state index contributed by atoms with van der Waals surface area (Å²) in [7, 11) is 0. The largest absolute Gasteiger partial charge is 0.347 e. The second kappa shape index (κ2) is 5.82. The average molecular weight is 306 g/mol. The summed E-state index contributed by atoms with van der Waals surface area (Å²) in [6.07, 6.45) is 1.06. The fraction of sp³-hybridized carbons (Fsp3) is 0.350. The van der Waals surface area contributed by atoms with Crippen molar-refractivity contribution in [1.82, 2.24) is 10.2 Å². The Morgan fingerprint density at radius 1 is 1.09 bits per heavy atom. The summed E-state index contributed by atoms with van der Waals surface area (Å²) >= 11 is 0. The molecule has 1 N–H and O–H groups in total. The average Bonchev–Trinajstić information content (AvgIpc) is 2.97. The molecule has 1 amide bonds. The Morgan fingerprint density at radius 3 is 2.74 bits per heavy atom. The highest BCUT2D eigenvalue weighted by molar-refractivity contribution is 5.99. The minimum Gasteiger partial charge on any atom is -0.347 e. The van der Waals surface area contributed by atoms with Gasteiger partial charge in [0.15, 0.2) is 0 Å². The predicted octanol–water partition coefficient (Wildman–Crippen LogP) is 2.75. The number of fused-ring (bicyclic) bond motifs is 3. The summed E-state index contributed by atoms with van der Waals surface area (Å²) in [5.74, 6) is 0.530. The lowest BCUT2D eigenvalue weighted by Gasteiger charge is -2.29. The SMILES string of the molecule is Cc1cccc2c1C(=O)N[C@@H]1CN(CCc3ccccc3)C[C@@H]21. The van der Waals surface area contributed by atoms with Crippen LogP contribution in [0.15, 0.2) is 48.5 Å². The molecule has 2 heterocycles. The number of nitrogens with zero attached hydrogens (tertiary/aromatic N) is 1. The molecule has 4 rings (SSSR count). The number of hydrogen-bond donors (Lipinski definition) is 1. The maximum atomic E-state index is 12.4. The monoisotopic (exact) mass is 306 g/mol. The summed E-state index contributed by atoms with van der Waals surface area (Å²) in [4.78, 5) is 14.9. The molecule has 2 aliphatic rings. The zero-order valence-electron chi connectivity index (χ0n) is 13.5. The molecule has 118 valence electrons. The van der Waals surface area contributed by atoms with E-state index in [1.807, 2.05) is 13.0 Å². The maximum Gasteiger partial charge on any atom is 0.252 e. The molecule has 2 aliphatic heterocycles. The second-order valence-corrected chi connectivity index (χ2v) is 6.72. The summed E-state index contributed by atoms with van der Waals surface area (Å²) < 4.78 is 0. The molecule has 0 aliphatic carbocycles. The number of carbonyl (C=O) groups is 1. The molecular formula is C20H22N2O. The highest BCUT2D eigenvalue weighted by Gasteiger charge is 2.40. The summed E-state index contributed by atoms with van der Waals surface area (Å²) in [6, 6.07) is 17.1. The Kier molecular flexibility index (Phi) is 3.66. The van der Waals surface area contributed by atoms with E-state index in [0.717, 1.165) is 37.2 Å². The van der Waals surface area contributed by atoms with Crippen LogP contribution in [0.25, 0.3) is 0 Å². The van der Waals surface area contributed by atoms with Crippen molar-refractivity contribution in [3.8, 4) is 0 Å². The Balaban J connectivity index is 1.50. The van der Waals surface area contributed by atoms with Crippen LogP contribution in [0.2, 0.25) is 0 Å². The number of nitrogens with one attached hydrogen (secondary N) is 1. The zero-order chi connectivity index (χ0) is 15.8. The molecule has 0 unspecified atom stereocenters. The zero-order valence-corrected chi connectivity index (χ0v) is 13.5. The number of aryl methyl sites for hydroxylation is 1. The van der Waals surface area contributed by atoms with E-state index < -0.39 is 0 Å². The van der Waals surface area contributed by atoms with Crippen molar-refractivity contribution in [3.05, 3.63) is 70.8 Å². The number of hydrogen-bond acceptors (Lipinski definition) is 2. The van der Waals surface area contributed by atoms with Crippen LogP contribution in [-0.2, 0) is 6.42 Å². The molecule has 2 aromatic rings. The topological polar surface area (TPSA) is 32.3 Å². The van der Waals surface area contributed by atoms with E-state index >= 15 is 0 Å². The first kappa shape index (κ1) is 14.5. The van der Waals surface area contributed by atoms with Crippen molar-refractivity contribution in [2.45, 2.75) is 25.3 Å². The lowest BCUT2D eigenvalue weighted by Crippen LogP contribution is -2.44. The molecule has 1 saturated heterocycles. The van der Waals surface area contributed by atoms with Crippen molar-refractivity contribution >= 4 is 5.91 Å². The standard InChI is InChI=1S/C20H22N2O/c1-14-6-5-9-16-17-12-22(11-10-15-7-3-2-4-8-15)13-18(17)21-20(23)19(14)16/h2-9,17-18H,10-13H2,1H3,(H,21,23)/t17-,18+/m0/s1. The van der Waals surface area contributed by atoms with Gasteiger partial charge in [-0.2, -0.15) is 0 Å². The molecule has 3 heteroatoms. The van der Waals surface area contributed by atoms with Crippen molar-refractivity contribution in [1.29, 1.82) is 0 Å². The number of benzene rings is 2. The number of amides is 1. The normalized spacial score (nSPS) is 23.3. The molecule has 0 bridgehead atoms. The predicted molar refractivity (Wildman–Crippen MR) is 91.8 cm³/mol. The van der Waals surface area contributed by atoms with Gasteiger partial charge in [-0.3, -0.25) is 4.79 Å². The van der Waals surface area contributed by atoms with Crippen LogP contribution < -0.4 is 5.32 Å². The number of rotatable bonds is 3. The van der Waals surface area contributed by atoms with Crippen molar-refractivity contribution in [2.75, 3.05) is 19.6 Å². The minimum absolute atomic E-state index is 0.101. The molecule has 2 aromatic carbocycles. The Morgan fingerprint density at radius 2 is 1.91 bits per heavy atom. The third kappa shape index (κ3) is 2.66. The Labute approximate surface area is 137 Å². The van der Waals surface area contributed by atoms with Crippen LogP contribution in [0.4, 0.5) is 0 Å². The first-order chi connectivity index (χ1) is 11.2. The third-order valence-electron chi connectivity index (χ3n) is 5.20. The summed E-state index contributed by atoms with van der Waals surface area (Å²) in [6.45, 7) is 5.07. The summed E-state index contributed by atoms with van der Waals surface area (Å²) in [5, 5.41) is 3.22. The van der Waals surface area contributed by atoms with Gasteiger partial charge in [-0.25, -0.2) is 0 Å². The molecule has 0 radical (unpaired) electrons. The van der Waals surface area contributed by atoms with E-state index in [4.69, 9.17) is 0 Å². The van der Waals surface area contributed by atoms with Gasteiger partial charge in [0.05, 0.1) is 0 Å². The molecule has 0 spiro atoms. The first-order valence-corrected chi connectivity index (χ1v) is 8.39. The fourth-order valence-electron chi connectivity index (χ4n) is 4.01. The Bertz CT molecular complexity index is 726. The first-order valence-electron chi connectivity index (χ1n) is 8.39. The lowest BCUT2D eigenvalue weighted by atomic mass is 9.84. The fourth-order valence-corrected chi connectivity index (χ4v) is 4.01. The molecular weight excluding hydrogens is 284 g/mol. The van der Waals surface area contributed by atoms with Crippen molar-refractivity contribution < 1.29 is 4.79 Å². The van der Waals surface area contributed by atoms with Crippen LogP contribution in [0.1, 0.15) is 33.0 Å². The number of carbonyl (C=O) groups excluding carboxylic acids is 1. The van der Waals surface area contributed by atoms with Gasteiger partial charge in [-0.05, 0) is 30.0 Å². The minimum atomic E-state index is 0.101. The maximum absolute atomic E-state index is 12.4. The van der Waals surface area contributed by atoms with Crippen molar-refractivity contribution in [2.24, 2.45) is 0 Å².